The number of hydrogen-bond acceptors (Lipinski definition) is 2. The maximum Gasteiger partial charge on any atom is 0.0664 e. The van der Waals surface area contributed by atoms with Gasteiger partial charge in [-0.25, -0.2) is 0 Å². The van der Waals surface area contributed by atoms with Crippen LogP contribution in [-0.4, -0.2) is 17.8 Å². The molecule has 0 spiro atoms. The van der Waals surface area contributed by atoms with Gasteiger partial charge in [0.2, 0.25) is 0 Å². The Kier molecular flexibility index (Phi) is 8.52. The van der Waals surface area contributed by atoms with E-state index in [1.54, 1.807) is 0 Å². The van der Waals surface area contributed by atoms with E-state index in [9.17, 15) is 5.11 Å². The van der Waals surface area contributed by atoms with Gasteiger partial charge in [0.1, 0.15) is 0 Å². The molecule has 0 bridgehead atoms. The smallest absolute Gasteiger partial charge is 0.0664 e. The second-order valence-electron chi connectivity index (χ2n) is 5.31. The van der Waals surface area contributed by atoms with Crippen molar-refractivity contribution >= 4 is 0 Å². The molecule has 2 N–H and O–H groups in total. The molecule has 108 valence electrons. The average molecular weight is 263 g/mol. The third kappa shape index (κ3) is 6.74. The first-order chi connectivity index (χ1) is 9.27. The lowest BCUT2D eigenvalue weighted by Gasteiger charge is -2.21. The summed E-state index contributed by atoms with van der Waals surface area (Å²) in [5.41, 5.74) is 1.34. The van der Waals surface area contributed by atoms with Crippen LogP contribution in [0.3, 0.4) is 0 Å². The Balaban J connectivity index is 2.49. The molecule has 2 heteroatoms. The molecule has 1 aromatic carbocycles. The molecule has 0 saturated heterocycles. The van der Waals surface area contributed by atoms with Gasteiger partial charge < -0.3 is 10.4 Å². The SMILES string of the molecule is CCCCCC(NCC(O)CCC)c1ccccc1. The van der Waals surface area contributed by atoms with Gasteiger partial charge in [0, 0.05) is 12.6 Å². The van der Waals surface area contributed by atoms with Gasteiger partial charge in [0.15, 0.2) is 0 Å². The first-order valence-corrected chi connectivity index (χ1v) is 7.74. The quantitative estimate of drug-likeness (QED) is 0.624. The van der Waals surface area contributed by atoms with E-state index in [2.05, 4.69) is 49.5 Å². The summed E-state index contributed by atoms with van der Waals surface area (Å²) in [5, 5.41) is 13.4. The van der Waals surface area contributed by atoms with Gasteiger partial charge in [-0.1, -0.05) is 69.9 Å². The van der Waals surface area contributed by atoms with E-state index in [1.807, 2.05) is 0 Å². The number of benzene rings is 1. The van der Waals surface area contributed by atoms with Crippen molar-refractivity contribution < 1.29 is 5.11 Å². The Morgan fingerprint density at radius 1 is 1.00 bits per heavy atom. The maximum atomic E-state index is 9.85. The summed E-state index contributed by atoms with van der Waals surface area (Å²) >= 11 is 0. The van der Waals surface area contributed by atoms with E-state index in [-0.39, 0.29) is 6.10 Å². The minimum Gasteiger partial charge on any atom is -0.392 e. The fourth-order valence-corrected chi connectivity index (χ4v) is 2.38. The van der Waals surface area contributed by atoms with Gasteiger partial charge in [-0.05, 0) is 18.4 Å². The first kappa shape index (κ1) is 16.2. The topological polar surface area (TPSA) is 32.3 Å². The molecule has 19 heavy (non-hydrogen) atoms. The number of aliphatic hydroxyl groups excluding tert-OH is 1. The molecular weight excluding hydrogens is 234 g/mol. The molecule has 0 amide bonds. The Hall–Kier alpha value is -0.860. The van der Waals surface area contributed by atoms with Crippen molar-refractivity contribution in [3.8, 4) is 0 Å². The summed E-state index contributed by atoms with van der Waals surface area (Å²) < 4.78 is 0. The largest absolute Gasteiger partial charge is 0.392 e. The molecule has 0 aromatic heterocycles. The molecule has 1 rings (SSSR count). The van der Waals surface area contributed by atoms with Crippen molar-refractivity contribution in [1.82, 2.24) is 5.32 Å². The summed E-state index contributed by atoms with van der Waals surface area (Å²) in [4.78, 5) is 0. The van der Waals surface area contributed by atoms with Crippen LogP contribution in [0, 0.1) is 0 Å². The van der Waals surface area contributed by atoms with Crippen LogP contribution in [0.4, 0.5) is 0 Å². The standard InChI is InChI=1S/C17H29NO/c1-3-5-7-13-17(15-11-8-6-9-12-15)18-14-16(19)10-4-2/h6,8-9,11-12,16-19H,3-5,7,10,13-14H2,1-2H3. The third-order valence-corrected chi connectivity index (χ3v) is 3.52. The predicted molar refractivity (Wildman–Crippen MR) is 82.2 cm³/mol. The van der Waals surface area contributed by atoms with Gasteiger partial charge in [-0.15, -0.1) is 0 Å². The van der Waals surface area contributed by atoms with Crippen LogP contribution in [-0.2, 0) is 0 Å². The highest BCUT2D eigenvalue weighted by Crippen LogP contribution is 2.19. The second-order valence-corrected chi connectivity index (χ2v) is 5.31. The number of rotatable bonds is 10. The molecular formula is C17H29NO. The molecule has 2 nitrogen and oxygen atoms in total. The third-order valence-electron chi connectivity index (χ3n) is 3.52. The lowest BCUT2D eigenvalue weighted by atomic mass is 10.00. The molecule has 2 atom stereocenters. The molecule has 0 saturated carbocycles. The van der Waals surface area contributed by atoms with Crippen LogP contribution >= 0.6 is 0 Å². The van der Waals surface area contributed by atoms with Gasteiger partial charge in [-0.2, -0.15) is 0 Å². The van der Waals surface area contributed by atoms with Crippen molar-refractivity contribution in [2.45, 2.75) is 64.5 Å². The summed E-state index contributed by atoms with van der Waals surface area (Å²) in [6.07, 6.45) is 6.62. The van der Waals surface area contributed by atoms with Gasteiger partial charge in [0.25, 0.3) is 0 Å². The number of aliphatic hydroxyl groups is 1. The monoisotopic (exact) mass is 263 g/mol. The lowest BCUT2D eigenvalue weighted by molar-refractivity contribution is 0.155. The van der Waals surface area contributed by atoms with E-state index in [1.165, 1.54) is 24.8 Å². The van der Waals surface area contributed by atoms with Crippen LogP contribution < -0.4 is 5.32 Å². The number of hydrogen-bond donors (Lipinski definition) is 2. The predicted octanol–water partition coefficient (Wildman–Crippen LogP) is 4.06. The van der Waals surface area contributed by atoms with Crippen molar-refractivity contribution in [3.63, 3.8) is 0 Å². The maximum absolute atomic E-state index is 9.85. The average Bonchev–Trinajstić information content (AvgIpc) is 2.44. The highest BCUT2D eigenvalue weighted by atomic mass is 16.3. The molecule has 1 aromatic rings. The van der Waals surface area contributed by atoms with Gasteiger partial charge in [-0.3, -0.25) is 0 Å². The zero-order valence-electron chi connectivity index (χ0n) is 12.4. The number of unbranched alkanes of at least 4 members (excludes halogenated alkanes) is 2. The summed E-state index contributed by atoms with van der Waals surface area (Å²) in [7, 11) is 0. The van der Waals surface area contributed by atoms with Crippen molar-refractivity contribution in [1.29, 1.82) is 0 Å². The Morgan fingerprint density at radius 2 is 1.74 bits per heavy atom. The van der Waals surface area contributed by atoms with Crippen molar-refractivity contribution in [2.75, 3.05) is 6.54 Å². The zero-order chi connectivity index (χ0) is 13.9. The molecule has 0 radical (unpaired) electrons. The Labute approximate surface area is 118 Å². The minimum atomic E-state index is -0.220. The minimum absolute atomic E-state index is 0.220. The Bertz CT molecular complexity index is 312. The van der Waals surface area contributed by atoms with E-state index >= 15 is 0 Å². The first-order valence-electron chi connectivity index (χ1n) is 7.74. The second kappa shape index (κ2) is 9.99. The van der Waals surface area contributed by atoms with Crippen LogP contribution in [0.5, 0.6) is 0 Å². The summed E-state index contributed by atoms with van der Waals surface area (Å²) in [6, 6.07) is 11.0. The van der Waals surface area contributed by atoms with Crippen LogP contribution in [0.2, 0.25) is 0 Å². The van der Waals surface area contributed by atoms with Crippen molar-refractivity contribution in [2.24, 2.45) is 0 Å². The van der Waals surface area contributed by atoms with Gasteiger partial charge in [0.05, 0.1) is 6.10 Å². The Morgan fingerprint density at radius 3 is 2.37 bits per heavy atom. The molecule has 2 unspecified atom stereocenters. The lowest BCUT2D eigenvalue weighted by Crippen LogP contribution is -2.30. The van der Waals surface area contributed by atoms with Crippen LogP contribution in [0.1, 0.15) is 64.0 Å². The molecule has 0 aliphatic heterocycles. The van der Waals surface area contributed by atoms with Crippen LogP contribution in [0.15, 0.2) is 30.3 Å². The molecule has 0 heterocycles. The highest BCUT2D eigenvalue weighted by molar-refractivity contribution is 5.18. The molecule has 0 aliphatic carbocycles. The number of nitrogens with one attached hydrogen (secondary N) is 1. The fourth-order valence-electron chi connectivity index (χ4n) is 2.38. The van der Waals surface area contributed by atoms with E-state index in [0.717, 1.165) is 19.3 Å². The molecule has 0 fully saturated rings. The zero-order valence-corrected chi connectivity index (χ0v) is 12.4. The van der Waals surface area contributed by atoms with Gasteiger partial charge >= 0.3 is 0 Å². The molecule has 0 aliphatic rings. The van der Waals surface area contributed by atoms with Crippen LogP contribution in [0.25, 0.3) is 0 Å². The normalized spacial score (nSPS) is 14.3. The summed E-state index contributed by atoms with van der Waals surface area (Å²) in [5.74, 6) is 0. The van der Waals surface area contributed by atoms with E-state index in [4.69, 9.17) is 0 Å². The van der Waals surface area contributed by atoms with E-state index < -0.39 is 0 Å². The fraction of sp³-hybridized carbons (Fsp3) is 0.647. The summed E-state index contributed by atoms with van der Waals surface area (Å²) in [6.45, 7) is 5.04. The van der Waals surface area contributed by atoms with E-state index in [0.29, 0.717) is 12.6 Å². The van der Waals surface area contributed by atoms with Crippen molar-refractivity contribution in [3.05, 3.63) is 35.9 Å². The highest BCUT2D eigenvalue weighted by Gasteiger charge is 2.12.